The van der Waals surface area contributed by atoms with Crippen LogP contribution in [-0.2, 0) is 10.0 Å². The number of benzene rings is 1. The number of hydrogen-bond donors (Lipinski definition) is 0. The molecule has 24 heavy (non-hydrogen) atoms. The van der Waals surface area contributed by atoms with E-state index in [2.05, 4.69) is 4.90 Å². The summed E-state index contributed by atoms with van der Waals surface area (Å²) >= 11 is 0. The van der Waals surface area contributed by atoms with Crippen LogP contribution in [0.25, 0.3) is 0 Å². The first-order chi connectivity index (χ1) is 11.5. The monoisotopic (exact) mass is 354 g/mol. The van der Waals surface area contributed by atoms with Crippen LogP contribution in [0.1, 0.15) is 44.1 Å². The highest BCUT2D eigenvalue weighted by molar-refractivity contribution is 7.89. The van der Waals surface area contributed by atoms with Gasteiger partial charge in [-0.25, -0.2) is 12.8 Å². The minimum absolute atomic E-state index is 0.206. The van der Waals surface area contributed by atoms with Crippen molar-refractivity contribution in [3.05, 3.63) is 29.6 Å². The largest absolute Gasteiger partial charge is 0.299 e. The van der Waals surface area contributed by atoms with Gasteiger partial charge in [-0.05, 0) is 69.5 Å². The predicted octanol–water partition coefficient (Wildman–Crippen LogP) is 3.16. The van der Waals surface area contributed by atoms with E-state index in [9.17, 15) is 12.8 Å². The smallest absolute Gasteiger partial charge is 0.243 e. The molecular formula is C18H27FN2O2S. The highest BCUT2D eigenvalue weighted by Crippen LogP contribution is 2.25. The minimum atomic E-state index is -3.54. The SMILES string of the molecule is Cc1cc(S(=O)(=O)N2CCCC(N3CCCCCC3)C2)ccc1F. The molecule has 1 unspecified atom stereocenters. The van der Waals surface area contributed by atoms with Gasteiger partial charge in [-0.3, -0.25) is 4.90 Å². The van der Waals surface area contributed by atoms with Crippen molar-refractivity contribution in [1.29, 1.82) is 0 Å². The van der Waals surface area contributed by atoms with E-state index in [1.807, 2.05) is 0 Å². The molecular weight excluding hydrogens is 327 g/mol. The number of likely N-dealkylation sites (tertiary alicyclic amines) is 1. The first-order valence-electron chi connectivity index (χ1n) is 8.99. The van der Waals surface area contributed by atoms with Crippen LogP contribution in [0.2, 0.25) is 0 Å². The molecule has 1 aromatic carbocycles. The van der Waals surface area contributed by atoms with Gasteiger partial charge < -0.3 is 0 Å². The lowest BCUT2D eigenvalue weighted by atomic mass is 10.1. The number of rotatable bonds is 3. The fourth-order valence-electron chi connectivity index (χ4n) is 3.82. The van der Waals surface area contributed by atoms with E-state index in [-0.39, 0.29) is 10.7 Å². The van der Waals surface area contributed by atoms with Crippen LogP contribution in [0.15, 0.2) is 23.1 Å². The van der Waals surface area contributed by atoms with Gasteiger partial charge >= 0.3 is 0 Å². The molecule has 3 rings (SSSR count). The molecule has 0 aliphatic carbocycles. The Morgan fingerprint density at radius 3 is 2.42 bits per heavy atom. The Morgan fingerprint density at radius 1 is 1.04 bits per heavy atom. The van der Waals surface area contributed by atoms with Crippen LogP contribution in [-0.4, -0.2) is 49.8 Å². The molecule has 0 saturated carbocycles. The average molecular weight is 354 g/mol. The molecule has 0 spiro atoms. The molecule has 6 heteroatoms. The van der Waals surface area contributed by atoms with E-state index >= 15 is 0 Å². The first-order valence-corrected chi connectivity index (χ1v) is 10.4. The zero-order valence-electron chi connectivity index (χ0n) is 14.4. The normalized spacial score (nSPS) is 24.7. The Bertz CT molecular complexity index is 670. The highest BCUT2D eigenvalue weighted by Gasteiger charge is 2.33. The molecule has 2 saturated heterocycles. The second kappa shape index (κ2) is 7.50. The molecule has 0 bridgehead atoms. The molecule has 2 heterocycles. The summed E-state index contributed by atoms with van der Waals surface area (Å²) in [5, 5.41) is 0. The van der Waals surface area contributed by atoms with Crippen LogP contribution in [0.4, 0.5) is 4.39 Å². The molecule has 0 radical (unpaired) electrons. The van der Waals surface area contributed by atoms with Crippen molar-refractivity contribution in [2.24, 2.45) is 0 Å². The lowest BCUT2D eigenvalue weighted by molar-refractivity contribution is 0.139. The van der Waals surface area contributed by atoms with Crippen molar-refractivity contribution in [3.63, 3.8) is 0 Å². The topological polar surface area (TPSA) is 40.6 Å². The van der Waals surface area contributed by atoms with Gasteiger partial charge in [0.25, 0.3) is 0 Å². The van der Waals surface area contributed by atoms with E-state index in [1.165, 1.54) is 43.9 Å². The van der Waals surface area contributed by atoms with Crippen LogP contribution in [0.3, 0.4) is 0 Å². The van der Waals surface area contributed by atoms with Crippen molar-refractivity contribution in [2.75, 3.05) is 26.2 Å². The van der Waals surface area contributed by atoms with Crippen LogP contribution < -0.4 is 0 Å². The van der Waals surface area contributed by atoms with E-state index < -0.39 is 10.0 Å². The zero-order valence-corrected chi connectivity index (χ0v) is 15.2. The number of sulfonamides is 1. The van der Waals surface area contributed by atoms with Gasteiger partial charge in [-0.1, -0.05) is 12.8 Å². The molecule has 0 amide bonds. The van der Waals surface area contributed by atoms with Crippen molar-refractivity contribution < 1.29 is 12.8 Å². The van der Waals surface area contributed by atoms with Crippen molar-refractivity contribution in [2.45, 2.75) is 56.4 Å². The van der Waals surface area contributed by atoms with Gasteiger partial charge in [0.05, 0.1) is 4.90 Å². The molecule has 1 atom stereocenters. The van der Waals surface area contributed by atoms with E-state index in [0.29, 0.717) is 24.7 Å². The molecule has 0 N–H and O–H groups in total. The summed E-state index contributed by atoms with van der Waals surface area (Å²) in [6.45, 7) is 4.87. The van der Waals surface area contributed by atoms with E-state index in [1.54, 1.807) is 11.2 Å². The zero-order chi connectivity index (χ0) is 17.2. The summed E-state index contributed by atoms with van der Waals surface area (Å²) in [4.78, 5) is 2.68. The minimum Gasteiger partial charge on any atom is -0.299 e. The van der Waals surface area contributed by atoms with Gasteiger partial charge in [0, 0.05) is 19.1 Å². The standard InChI is InChI=1S/C18H27FN2O2S/c1-15-13-17(8-9-18(15)19)24(22,23)21-12-6-7-16(14-21)20-10-4-2-3-5-11-20/h8-9,13,16H,2-7,10-12,14H2,1H3. The van der Waals surface area contributed by atoms with Gasteiger partial charge in [-0.15, -0.1) is 0 Å². The molecule has 4 nitrogen and oxygen atoms in total. The fraction of sp³-hybridized carbons (Fsp3) is 0.667. The van der Waals surface area contributed by atoms with Gasteiger partial charge in [0.1, 0.15) is 5.82 Å². The lowest BCUT2D eigenvalue weighted by Gasteiger charge is -2.38. The average Bonchev–Trinajstić information content (AvgIpc) is 2.87. The Hall–Kier alpha value is -0.980. The maximum Gasteiger partial charge on any atom is 0.243 e. The summed E-state index contributed by atoms with van der Waals surface area (Å²) < 4.78 is 40.9. The number of hydrogen-bond acceptors (Lipinski definition) is 3. The molecule has 0 aromatic heterocycles. The number of aryl methyl sites for hydroxylation is 1. The predicted molar refractivity (Wildman–Crippen MR) is 93.0 cm³/mol. The maximum absolute atomic E-state index is 13.5. The van der Waals surface area contributed by atoms with Gasteiger partial charge in [0.2, 0.25) is 10.0 Å². The molecule has 2 aliphatic heterocycles. The summed E-state index contributed by atoms with van der Waals surface area (Å²) in [6.07, 6.45) is 6.93. The Morgan fingerprint density at radius 2 is 1.75 bits per heavy atom. The summed E-state index contributed by atoms with van der Waals surface area (Å²) in [6, 6.07) is 4.39. The molecule has 1 aromatic rings. The third kappa shape index (κ3) is 3.81. The second-order valence-corrected chi connectivity index (χ2v) is 8.96. The summed E-state index contributed by atoms with van der Waals surface area (Å²) in [7, 11) is -3.54. The second-order valence-electron chi connectivity index (χ2n) is 7.02. The number of piperidine rings is 1. The quantitative estimate of drug-likeness (QED) is 0.837. The van der Waals surface area contributed by atoms with Crippen LogP contribution in [0, 0.1) is 12.7 Å². The summed E-state index contributed by atoms with van der Waals surface area (Å²) in [5.74, 6) is -0.366. The highest BCUT2D eigenvalue weighted by atomic mass is 32.2. The maximum atomic E-state index is 13.5. The van der Waals surface area contributed by atoms with Crippen molar-refractivity contribution >= 4 is 10.0 Å². The third-order valence-corrected chi connectivity index (χ3v) is 7.14. The first kappa shape index (κ1) is 17.8. The van der Waals surface area contributed by atoms with E-state index in [0.717, 1.165) is 25.9 Å². The lowest BCUT2D eigenvalue weighted by Crippen LogP contribution is -2.50. The van der Waals surface area contributed by atoms with Crippen LogP contribution in [0.5, 0.6) is 0 Å². The fourth-order valence-corrected chi connectivity index (χ4v) is 5.43. The van der Waals surface area contributed by atoms with Crippen molar-refractivity contribution in [1.82, 2.24) is 9.21 Å². The molecule has 134 valence electrons. The number of halogens is 1. The van der Waals surface area contributed by atoms with Crippen molar-refractivity contribution in [3.8, 4) is 0 Å². The molecule has 2 fully saturated rings. The Balaban J connectivity index is 1.76. The Kier molecular flexibility index (Phi) is 5.57. The van der Waals surface area contributed by atoms with Gasteiger partial charge in [-0.2, -0.15) is 4.31 Å². The van der Waals surface area contributed by atoms with Crippen LogP contribution >= 0.6 is 0 Å². The van der Waals surface area contributed by atoms with Gasteiger partial charge in [0.15, 0.2) is 0 Å². The Labute approximate surface area is 144 Å². The number of nitrogens with zero attached hydrogens (tertiary/aromatic N) is 2. The summed E-state index contributed by atoms with van der Waals surface area (Å²) in [5.41, 5.74) is 0.372. The molecule has 2 aliphatic rings. The van der Waals surface area contributed by atoms with E-state index in [4.69, 9.17) is 0 Å². The third-order valence-electron chi connectivity index (χ3n) is 5.28.